The maximum absolute atomic E-state index is 5.87. The molecule has 0 amide bonds. The van der Waals surface area contributed by atoms with Gasteiger partial charge in [0, 0.05) is 12.6 Å². The third kappa shape index (κ3) is 1.18. The summed E-state index contributed by atoms with van der Waals surface area (Å²) in [6.07, 6.45) is 0. The molecule has 0 spiro atoms. The van der Waals surface area contributed by atoms with Crippen molar-refractivity contribution in [1.29, 1.82) is 0 Å². The Kier molecular flexibility index (Phi) is 1.77. The maximum atomic E-state index is 5.87. The van der Waals surface area contributed by atoms with E-state index in [1.165, 1.54) is 0 Å². The molecular formula is C8H18N2. The van der Waals surface area contributed by atoms with E-state index in [0.29, 0.717) is 17.4 Å². The quantitative estimate of drug-likeness (QED) is 0.609. The summed E-state index contributed by atoms with van der Waals surface area (Å²) in [5.74, 6) is 0.711. The van der Waals surface area contributed by atoms with Crippen LogP contribution in [-0.4, -0.2) is 31.6 Å². The van der Waals surface area contributed by atoms with E-state index in [4.69, 9.17) is 5.73 Å². The summed E-state index contributed by atoms with van der Waals surface area (Å²) in [5.41, 5.74) is 6.26. The normalized spacial score (nSPS) is 36.6. The van der Waals surface area contributed by atoms with Gasteiger partial charge in [-0.25, -0.2) is 0 Å². The SMILES string of the molecule is CN(C)CC1C(N)C1(C)C. The Bertz CT molecular complexity index is 129. The van der Waals surface area contributed by atoms with Crippen molar-refractivity contribution in [1.82, 2.24) is 4.90 Å². The summed E-state index contributed by atoms with van der Waals surface area (Å²) in [6, 6.07) is 0.426. The number of hydrogen-bond acceptors (Lipinski definition) is 2. The summed E-state index contributed by atoms with van der Waals surface area (Å²) in [5, 5.41) is 0. The predicted molar refractivity (Wildman–Crippen MR) is 43.8 cm³/mol. The molecule has 0 saturated heterocycles. The largest absolute Gasteiger partial charge is 0.327 e. The molecule has 1 aliphatic rings. The summed E-state index contributed by atoms with van der Waals surface area (Å²) in [7, 11) is 4.20. The van der Waals surface area contributed by atoms with Gasteiger partial charge < -0.3 is 10.6 Å². The van der Waals surface area contributed by atoms with Gasteiger partial charge in [0.1, 0.15) is 0 Å². The van der Waals surface area contributed by atoms with Crippen LogP contribution in [0.5, 0.6) is 0 Å². The Morgan fingerprint density at radius 1 is 1.40 bits per heavy atom. The number of nitrogens with two attached hydrogens (primary N) is 1. The molecule has 2 N–H and O–H groups in total. The van der Waals surface area contributed by atoms with Crippen molar-refractivity contribution in [2.45, 2.75) is 19.9 Å². The van der Waals surface area contributed by atoms with Crippen LogP contribution in [0, 0.1) is 11.3 Å². The van der Waals surface area contributed by atoms with Gasteiger partial charge in [0.05, 0.1) is 0 Å². The van der Waals surface area contributed by atoms with Crippen molar-refractivity contribution in [3.63, 3.8) is 0 Å². The first kappa shape index (κ1) is 8.02. The third-order valence-electron chi connectivity index (χ3n) is 2.70. The summed E-state index contributed by atoms with van der Waals surface area (Å²) in [6.45, 7) is 5.62. The summed E-state index contributed by atoms with van der Waals surface area (Å²) >= 11 is 0. The molecule has 2 heteroatoms. The van der Waals surface area contributed by atoms with Crippen molar-refractivity contribution in [3.05, 3.63) is 0 Å². The number of rotatable bonds is 2. The minimum Gasteiger partial charge on any atom is -0.327 e. The molecule has 60 valence electrons. The zero-order valence-electron chi connectivity index (χ0n) is 7.39. The van der Waals surface area contributed by atoms with Crippen LogP contribution in [0.25, 0.3) is 0 Å². The lowest BCUT2D eigenvalue weighted by atomic mass is 10.1. The first-order valence-corrected chi connectivity index (χ1v) is 3.86. The van der Waals surface area contributed by atoms with Crippen LogP contribution < -0.4 is 5.73 Å². The minimum absolute atomic E-state index is 0.393. The van der Waals surface area contributed by atoms with Crippen LogP contribution in [0.15, 0.2) is 0 Å². The van der Waals surface area contributed by atoms with Gasteiger partial charge in [-0.2, -0.15) is 0 Å². The fourth-order valence-electron chi connectivity index (χ4n) is 1.53. The Hall–Kier alpha value is -0.0800. The van der Waals surface area contributed by atoms with Crippen molar-refractivity contribution >= 4 is 0 Å². The molecule has 1 fully saturated rings. The molecule has 0 aromatic heterocycles. The highest BCUT2D eigenvalue weighted by Crippen LogP contribution is 2.50. The standard InChI is InChI=1S/C8H18N2/c1-8(2)6(7(8)9)5-10(3)4/h6-7H,5,9H2,1-4H3. The lowest BCUT2D eigenvalue weighted by Gasteiger charge is -2.09. The van der Waals surface area contributed by atoms with Crippen LogP contribution in [0.4, 0.5) is 0 Å². The van der Waals surface area contributed by atoms with Gasteiger partial charge in [0.2, 0.25) is 0 Å². The van der Waals surface area contributed by atoms with Gasteiger partial charge in [-0.05, 0) is 25.4 Å². The van der Waals surface area contributed by atoms with E-state index in [1.54, 1.807) is 0 Å². The van der Waals surface area contributed by atoms with Crippen LogP contribution in [0.3, 0.4) is 0 Å². The molecule has 0 radical (unpaired) electrons. The molecule has 0 aromatic rings. The van der Waals surface area contributed by atoms with Gasteiger partial charge >= 0.3 is 0 Å². The van der Waals surface area contributed by atoms with E-state index in [-0.39, 0.29) is 0 Å². The molecule has 0 aliphatic heterocycles. The van der Waals surface area contributed by atoms with E-state index in [9.17, 15) is 0 Å². The second-order valence-electron chi connectivity index (χ2n) is 4.22. The van der Waals surface area contributed by atoms with E-state index in [0.717, 1.165) is 6.54 Å². The monoisotopic (exact) mass is 142 g/mol. The van der Waals surface area contributed by atoms with Crippen LogP contribution in [0.2, 0.25) is 0 Å². The number of hydrogen-bond donors (Lipinski definition) is 1. The summed E-state index contributed by atoms with van der Waals surface area (Å²) in [4.78, 5) is 2.21. The second kappa shape index (κ2) is 2.21. The lowest BCUT2D eigenvalue weighted by molar-refractivity contribution is 0.359. The molecule has 1 saturated carbocycles. The zero-order valence-corrected chi connectivity index (χ0v) is 7.39. The number of nitrogens with zero attached hydrogens (tertiary/aromatic N) is 1. The van der Waals surface area contributed by atoms with E-state index < -0.39 is 0 Å². The third-order valence-corrected chi connectivity index (χ3v) is 2.70. The molecule has 2 nitrogen and oxygen atoms in total. The van der Waals surface area contributed by atoms with Crippen molar-refractivity contribution < 1.29 is 0 Å². The van der Waals surface area contributed by atoms with Gasteiger partial charge in [0.15, 0.2) is 0 Å². The van der Waals surface area contributed by atoms with Crippen LogP contribution in [-0.2, 0) is 0 Å². The molecule has 2 unspecified atom stereocenters. The Morgan fingerprint density at radius 3 is 1.90 bits per heavy atom. The molecule has 1 rings (SSSR count). The van der Waals surface area contributed by atoms with E-state index >= 15 is 0 Å². The summed E-state index contributed by atoms with van der Waals surface area (Å²) < 4.78 is 0. The lowest BCUT2D eigenvalue weighted by Crippen LogP contribution is -2.18. The smallest absolute Gasteiger partial charge is 0.0140 e. The van der Waals surface area contributed by atoms with Gasteiger partial charge in [-0.3, -0.25) is 0 Å². The highest BCUT2D eigenvalue weighted by Gasteiger charge is 2.55. The minimum atomic E-state index is 0.393. The van der Waals surface area contributed by atoms with E-state index in [1.807, 2.05) is 0 Å². The van der Waals surface area contributed by atoms with Gasteiger partial charge in [-0.1, -0.05) is 13.8 Å². The second-order valence-corrected chi connectivity index (χ2v) is 4.22. The first-order valence-electron chi connectivity index (χ1n) is 3.86. The Labute approximate surface area is 63.4 Å². The predicted octanol–water partition coefficient (Wildman–Crippen LogP) is 0.531. The molecule has 2 atom stereocenters. The molecular weight excluding hydrogens is 124 g/mol. The molecule has 0 heterocycles. The highest BCUT2D eigenvalue weighted by atomic mass is 15.1. The Balaban J connectivity index is 2.35. The average molecular weight is 142 g/mol. The van der Waals surface area contributed by atoms with Gasteiger partial charge in [0.25, 0.3) is 0 Å². The van der Waals surface area contributed by atoms with Crippen LogP contribution >= 0.6 is 0 Å². The first-order chi connectivity index (χ1) is 4.46. The fraction of sp³-hybridized carbons (Fsp3) is 1.00. The maximum Gasteiger partial charge on any atom is 0.0140 e. The fourth-order valence-corrected chi connectivity index (χ4v) is 1.53. The molecule has 0 bridgehead atoms. The zero-order chi connectivity index (χ0) is 7.94. The average Bonchev–Trinajstić information content (AvgIpc) is 2.17. The highest BCUT2D eigenvalue weighted by molar-refractivity contribution is 5.09. The van der Waals surface area contributed by atoms with Crippen molar-refractivity contribution in [2.75, 3.05) is 20.6 Å². The van der Waals surface area contributed by atoms with Crippen molar-refractivity contribution in [3.8, 4) is 0 Å². The molecule has 1 aliphatic carbocycles. The topological polar surface area (TPSA) is 29.3 Å². The van der Waals surface area contributed by atoms with E-state index in [2.05, 4.69) is 32.8 Å². The molecule has 10 heavy (non-hydrogen) atoms. The van der Waals surface area contributed by atoms with Crippen molar-refractivity contribution in [2.24, 2.45) is 17.1 Å². The van der Waals surface area contributed by atoms with Crippen LogP contribution in [0.1, 0.15) is 13.8 Å². The molecule has 0 aromatic carbocycles. The van der Waals surface area contributed by atoms with Gasteiger partial charge in [-0.15, -0.1) is 0 Å². The Morgan fingerprint density at radius 2 is 1.80 bits per heavy atom.